The van der Waals surface area contributed by atoms with E-state index in [2.05, 4.69) is 10.6 Å². The van der Waals surface area contributed by atoms with Gasteiger partial charge in [-0.25, -0.2) is 4.79 Å². The van der Waals surface area contributed by atoms with E-state index in [1.807, 2.05) is 18.2 Å². The van der Waals surface area contributed by atoms with Crippen molar-refractivity contribution < 1.29 is 23.8 Å². The zero-order valence-electron chi connectivity index (χ0n) is 13.1. The van der Waals surface area contributed by atoms with Gasteiger partial charge in [0.15, 0.2) is 6.10 Å². The van der Waals surface area contributed by atoms with E-state index in [4.69, 9.17) is 14.2 Å². The second kappa shape index (κ2) is 6.41. The molecule has 2 N–H and O–H groups in total. The van der Waals surface area contributed by atoms with E-state index in [-0.39, 0.29) is 36.7 Å². The summed E-state index contributed by atoms with van der Waals surface area (Å²) < 4.78 is 16.8. The average Bonchev–Trinajstić information content (AvgIpc) is 3.25. The first kappa shape index (κ1) is 15.4. The minimum absolute atomic E-state index is 0.0686. The summed E-state index contributed by atoms with van der Waals surface area (Å²) in [6.45, 7) is 0.654. The molecule has 0 spiro atoms. The van der Waals surface area contributed by atoms with Crippen LogP contribution >= 0.6 is 0 Å². The predicted molar refractivity (Wildman–Crippen MR) is 84.5 cm³/mol. The quantitative estimate of drug-likeness (QED) is 0.868. The number of hydrogen-bond donors (Lipinski definition) is 2. The lowest BCUT2D eigenvalue weighted by Crippen LogP contribution is -2.45. The molecule has 2 saturated heterocycles. The van der Waals surface area contributed by atoms with Crippen molar-refractivity contribution in [3.05, 3.63) is 30.3 Å². The number of benzene rings is 1. The summed E-state index contributed by atoms with van der Waals surface area (Å²) in [6, 6.07) is 8.92. The first-order valence-electron chi connectivity index (χ1n) is 8.27. The van der Waals surface area contributed by atoms with Gasteiger partial charge < -0.3 is 19.5 Å². The topological polar surface area (TPSA) is 85.9 Å². The van der Waals surface area contributed by atoms with Crippen LogP contribution < -0.4 is 10.6 Å². The van der Waals surface area contributed by atoms with Gasteiger partial charge in [-0.15, -0.1) is 0 Å². The molecule has 2 heterocycles. The van der Waals surface area contributed by atoms with Crippen molar-refractivity contribution in [3.63, 3.8) is 0 Å². The highest BCUT2D eigenvalue weighted by Crippen LogP contribution is 2.32. The van der Waals surface area contributed by atoms with Crippen LogP contribution in [-0.4, -0.2) is 49.6 Å². The third-order valence-corrected chi connectivity index (χ3v) is 4.56. The Kier molecular flexibility index (Phi) is 4.12. The molecular weight excluding hydrogens is 312 g/mol. The van der Waals surface area contributed by atoms with Crippen LogP contribution in [0.3, 0.4) is 0 Å². The maximum absolute atomic E-state index is 12.0. The molecule has 4 rings (SSSR count). The zero-order chi connectivity index (χ0) is 16.5. The third kappa shape index (κ3) is 3.22. The Morgan fingerprint density at radius 2 is 1.79 bits per heavy atom. The summed E-state index contributed by atoms with van der Waals surface area (Å²) in [6.07, 6.45) is 0.309. The molecule has 24 heavy (non-hydrogen) atoms. The molecular formula is C17H20N2O5. The Bertz CT molecular complexity index is 619. The van der Waals surface area contributed by atoms with Crippen molar-refractivity contribution in [1.29, 1.82) is 0 Å². The maximum Gasteiger partial charge on any atom is 0.412 e. The van der Waals surface area contributed by atoms with Gasteiger partial charge in [0.05, 0.1) is 19.3 Å². The molecule has 3 fully saturated rings. The second-order valence-corrected chi connectivity index (χ2v) is 6.42. The molecule has 1 saturated carbocycles. The van der Waals surface area contributed by atoms with Crippen molar-refractivity contribution >= 4 is 17.7 Å². The van der Waals surface area contributed by atoms with Gasteiger partial charge >= 0.3 is 6.09 Å². The Hall–Kier alpha value is -2.12. The molecule has 7 heteroatoms. The number of fused-ring (bicyclic) bond motifs is 1. The summed E-state index contributed by atoms with van der Waals surface area (Å²) in [4.78, 5) is 23.9. The molecule has 0 radical (unpaired) electrons. The first-order valence-corrected chi connectivity index (χ1v) is 8.27. The lowest BCUT2D eigenvalue weighted by atomic mass is 10.1. The minimum atomic E-state index is -0.537. The van der Waals surface area contributed by atoms with Gasteiger partial charge in [0.2, 0.25) is 5.91 Å². The predicted octanol–water partition coefficient (Wildman–Crippen LogP) is 1.30. The smallest absolute Gasteiger partial charge is 0.412 e. The normalized spacial score (nSPS) is 31.3. The monoisotopic (exact) mass is 332 g/mol. The molecule has 0 unspecified atom stereocenters. The van der Waals surface area contributed by atoms with E-state index < -0.39 is 12.2 Å². The van der Waals surface area contributed by atoms with Crippen LogP contribution in [0.1, 0.15) is 12.8 Å². The summed E-state index contributed by atoms with van der Waals surface area (Å²) in [5.74, 6) is 0.216. The standard InChI is InChI=1S/C17H20N2O5/c20-16(10-6-7-10)19-12-8-22-15-13(9-23-14(12)15)24-17(21)18-11-4-2-1-3-5-11/h1-5,10,12-15H,6-9H2,(H,18,21)(H,19,20)/t12-,13-,14-,15+/m0/s1. The first-order chi connectivity index (χ1) is 11.7. The van der Waals surface area contributed by atoms with Gasteiger partial charge in [-0.3, -0.25) is 10.1 Å². The number of nitrogens with one attached hydrogen (secondary N) is 2. The number of para-hydroxylation sites is 1. The molecule has 2 amide bonds. The summed E-state index contributed by atoms with van der Waals surface area (Å²) >= 11 is 0. The lowest BCUT2D eigenvalue weighted by Gasteiger charge is -2.18. The maximum atomic E-state index is 12.0. The van der Waals surface area contributed by atoms with Crippen LogP contribution in [0.5, 0.6) is 0 Å². The number of hydrogen-bond acceptors (Lipinski definition) is 5. The van der Waals surface area contributed by atoms with Gasteiger partial charge in [-0.1, -0.05) is 18.2 Å². The lowest BCUT2D eigenvalue weighted by molar-refractivity contribution is -0.123. The summed E-state index contributed by atoms with van der Waals surface area (Å²) in [5.41, 5.74) is 0.667. The number of ether oxygens (including phenoxy) is 3. The molecule has 1 aromatic rings. The molecule has 3 aliphatic rings. The van der Waals surface area contributed by atoms with E-state index in [1.54, 1.807) is 12.1 Å². The molecule has 1 aliphatic carbocycles. The number of carbonyl (C=O) groups is 2. The van der Waals surface area contributed by atoms with Crippen molar-refractivity contribution in [2.75, 3.05) is 18.5 Å². The van der Waals surface area contributed by atoms with Crippen LogP contribution in [-0.2, 0) is 19.0 Å². The molecule has 128 valence electrons. The molecule has 1 aromatic carbocycles. The third-order valence-electron chi connectivity index (χ3n) is 4.56. The second-order valence-electron chi connectivity index (χ2n) is 6.42. The van der Waals surface area contributed by atoms with Crippen molar-refractivity contribution in [3.8, 4) is 0 Å². The van der Waals surface area contributed by atoms with Gasteiger partial charge in [-0.2, -0.15) is 0 Å². The van der Waals surface area contributed by atoms with Crippen molar-refractivity contribution in [2.24, 2.45) is 5.92 Å². The molecule has 0 bridgehead atoms. The van der Waals surface area contributed by atoms with E-state index in [0.717, 1.165) is 12.8 Å². The van der Waals surface area contributed by atoms with Crippen LogP contribution in [0.4, 0.5) is 10.5 Å². The molecule has 0 aromatic heterocycles. The minimum Gasteiger partial charge on any atom is -0.441 e. The number of amides is 2. The van der Waals surface area contributed by atoms with Crippen molar-refractivity contribution in [1.82, 2.24) is 5.32 Å². The number of carbonyl (C=O) groups excluding carboxylic acids is 2. The summed E-state index contributed by atoms with van der Waals surface area (Å²) in [7, 11) is 0. The Labute approximate surface area is 139 Å². The fraction of sp³-hybridized carbons (Fsp3) is 0.529. The summed E-state index contributed by atoms with van der Waals surface area (Å²) in [5, 5.41) is 5.65. The highest BCUT2D eigenvalue weighted by Gasteiger charge is 2.50. The fourth-order valence-corrected chi connectivity index (χ4v) is 3.14. The van der Waals surface area contributed by atoms with E-state index in [1.165, 1.54) is 0 Å². The molecule has 4 atom stereocenters. The Morgan fingerprint density at radius 3 is 2.54 bits per heavy atom. The van der Waals surface area contributed by atoms with Crippen molar-refractivity contribution in [2.45, 2.75) is 37.2 Å². The number of rotatable bonds is 4. The Morgan fingerprint density at radius 1 is 1.04 bits per heavy atom. The highest BCUT2D eigenvalue weighted by molar-refractivity contribution is 5.84. The van der Waals surface area contributed by atoms with Gasteiger partial charge in [0.25, 0.3) is 0 Å². The van der Waals surface area contributed by atoms with E-state index in [0.29, 0.717) is 12.3 Å². The number of anilines is 1. The highest BCUT2D eigenvalue weighted by atomic mass is 16.6. The molecule has 7 nitrogen and oxygen atoms in total. The van der Waals surface area contributed by atoms with Gasteiger partial charge in [0.1, 0.15) is 12.2 Å². The average molecular weight is 332 g/mol. The zero-order valence-corrected chi connectivity index (χ0v) is 13.1. The Balaban J connectivity index is 1.30. The van der Waals surface area contributed by atoms with E-state index >= 15 is 0 Å². The van der Waals surface area contributed by atoms with Crippen LogP contribution in [0.25, 0.3) is 0 Å². The molecule has 2 aliphatic heterocycles. The van der Waals surface area contributed by atoms with Crippen LogP contribution in [0.2, 0.25) is 0 Å². The largest absolute Gasteiger partial charge is 0.441 e. The van der Waals surface area contributed by atoms with Gasteiger partial charge in [-0.05, 0) is 25.0 Å². The fourth-order valence-electron chi connectivity index (χ4n) is 3.14. The van der Waals surface area contributed by atoms with Crippen LogP contribution in [0, 0.1) is 5.92 Å². The van der Waals surface area contributed by atoms with Crippen LogP contribution in [0.15, 0.2) is 30.3 Å². The van der Waals surface area contributed by atoms with Gasteiger partial charge in [0, 0.05) is 11.6 Å². The SMILES string of the molecule is O=C(Nc1ccccc1)O[C@H]1CO[C@@H]2[C@@H]1OC[C@@H]2NC(=O)C1CC1. The van der Waals surface area contributed by atoms with E-state index in [9.17, 15) is 9.59 Å².